The number of methoxy groups -OCH3 is 3. The lowest BCUT2D eigenvalue weighted by Gasteiger charge is -2.63. The Morgan fingerprint density at radius 3 is 2.33 bits per heavy atom. The van der Waals surface area contributed by atoms with Crippen molar-refractivity contribution in [3.8, 4) is 5.75 Å². The van der Waals surface area contributed by atoms with Crippen LogP contribution in [0.1, 0.15) is 81.2 Å². The van der Waals surface area contributed by atoms with Gasteiger partial charge in [0.15, 0.2) is 6.10 Å². The van der Waals surface area contributed by atoms with Gasteiger partial charge in [0.05, 0.1) is 34.5 Å². The predicted molar refractivity (Wildman–Crippen MR) is 245 cm³/mol. The number of ether oxygens (including phenoxy) is 4. The summed E-state index contributed by atoms with van der Waals surface area (Å²) in [5.41, 5.74) is 0.0512. The third-order valence-electron chi connectivity index (χ3n) is 17.0. The van der Waals surface area contributed by atoms with Gasteiger partial charge in [0.1, 0.15) is 11.2 Å². The van der Waals surface area contributed by atoms with Gasteiger partial charge in [-0.05, 0) is 86.1 Å². The molecule has 2 bridgehead atoms. The minimum absolute atomic E-state index is 0.217. The summed E-state index contributed by atoms with van der Waals surface area (Å²) < 4.78 is 53.9. The van der Waals surface area contributed by atoms with Crippen molar-refractivity contribution in [3.63, 3.8) is 0 Å². The van der Waals surface area contributed by atoms with Gasteiger partial charge < -0.3 is 38.8 Å². The third kappa shape index (κ3) is 6.68. The van der Waals surface area contributed by atoms with Crippen LogP contribution in [0.25, 0.3) is 10.9 Å². The van der Waals surface area contributed by atoms with E-state index in [1.807, 2.05) is 31.0 Å². The molecule has 2 aromatic carbocycles. The van der Waals surface area contributed by atoms with Crippen molar-refractivity contribution in [2.75, 3.05) is 73.1 Å². The monoisotopic (exact) mass is 932 g/mol. The minimum Gasteiger partial charge on any atom is -0.496 e. The number of aliphatic hydroxyl groups is 1. The summed E-state index contributed by atoms with van der Waals surface area (Å²) in [6.45, 7) is 7.65. The topological polar surface area (TPSA) is 197 Å². The molecule has 3 aromatic rings. The molecule has 358 valence electrons. The number of aromatic nitrogens is 1. The summed E-state index contributed by atoms with van der Waals surface area (Å²) in [4.78, 5) is 53.9. The molecule has 4 unspecified atom stereocenters. The summed E-state index contributed by atoms with van der Waals surface area (Å²) >= 11 is 0. The zero-order valence-electron chi connectivity index (χ0n) is 39.0. The lowest BCUT2D eigenvalue weighted by atomic mass is 9.47. The molecule has 1 aromatic heterocycles. The highest BCUT2D eigenvalue weighted by Gasteiger charge is 2.80. The molecule has 66 heavy (non-hydrogen) atoms. The number of rotatable bonds is 7. The van der Waals surface area contributed by atoms with Gasteiger partial charge in [-0.3, -0.25) is 23.2 Å². The molecule has 3 N–H and O–H groups in total. The first kappa shape index (κ1) is 46.6. The van der Waals surface area contributed by atoms with Gasteiger partial charge in [-0.15, -0.1) is 0 Å². The number of nitrogens with zero attached hydrogens (tertiary/aromatic N) is 3. The number of benzene rings is 2. The number of likely N-dealkylation sites (N-methyl/N-ethyl adjacent to an activating group) is 1. The second-order valence-electron chi connectivity index (χ2n) is 19.6. The molecular weight excluding hydrogens is 869 g/mol. The first-order valence-electron chi connectivity index (χ1n) is 23.3. The van der Waals surface area contributed by atoms with E-state index in [0.29, 0.717) is 49.9 Å². The number of hydrogen-bond donors (Lipinski definition) is 3. The molecule has 10 rings (SSSR count). The normalized spacial score (nSPS) is 35.3. The zero-order valence-corrected chi connectivity index (χ0v) is 39.8. The van der Waals surface area contributed by atoms with E-state index >= 15 is 4.79 Å². The maximum Gasteiger partial charge on any atom is 0.397 e. The molecule has 2 aliphatic carbocycles. The van der Waals surface area contributed by atoms with Crippen LogP contribution in [0.15, 0.2) is 48.6 Å². The van der Waals surface area contributed by atoms with Crippen molar-refractivity contribution in [2.24, 2.45) is 23.2 Å². The van der Waals surface area contributed by atoms with E-state index in [2.05, 4.69) is 55.4 Å². The lowest BCUT2D eigenvalue weighted by molar-refractivity contribution is -0.228. The summed E-state index contributed by atoms with van der Waals surface area (Å²) in [6, 6.07) is 11.4. The molecule has 7 aliphatic rings. The molecule has 5 aliphatic heterocycles. The summed E-state index contributed by atoms with van der Waals surface area (Å²) in [5, 5.41) is 14.5. The van der Waals surface area contributed by atoms with Gasteiger partial charge in [-0.1, -0.05) is 50.1 Å². The van der Waals surface area contributed by atoms with E-state index in [0.717, 1.165) is 78.6 Å². The quantitative estimate of drug-likeness (QED) is 0.128. The summed E-state index contributed by atoms with van der Waals surface area (Å²) in [5.74, 6) is 0.0532. The zero-order chi connectivity index (χ0) is 47.1. The van der Waals surface area contributed by atoms with Gasteiger partial charge in [0.2, 0.25) is 5.60 Å². The SMILES string of the molecule is CC[C@]12C=CCN3CCC4(c5cc([C@]6(C(=O)OC)C[C@H]7CN(CCc8c6[nH]c6ccccc86)C[C@@H]6CCCC[C@H]76)c(OC)cc5N(C)C4[C@@](O)(C(=O)OC)C1OC(C)=O)[C@@H]32.COS(=O)(=O)O. The Bertz CT molecular complexity index is 2560. The van der Waals surface area contributed by atoms with E-state index in [1.165, 1.54) is 40.4 Å². The largest absolute Gasteiger partial charge is 0.496 e. The molecule has 17 heteroatoms. The maximum absolute atomic E-state index is 15.5. The summed E-state index contributed by atoms with van der Waals surface area (Å²) in [6.07, 6.45) is 10.1. The number of fused-ring (bicyclic) bond motifs is 8. The highest BCUT2D eigenvalue weighted by molar-refractivity contribution is 7.80. The minimum atomic E-state index is -4.16. The van der Waals surface area contributed by atoms with Crippen LogP contribution in [-0.2, 0) is 60.4 Å². The standard InChI is InChI=1S/C48H60N4O8.CH4O4S/c1-7-45-18-12-20-52-22-19-46(40(45)52)34-23-35(38(57-4)24-37(34)50(3)41(46)48(56,44(55)59-6)42(45)60-28(2)53)47(43(54)58-5)25-30-27-51(26-29-13-8-9-14-31(29)30)21-17-33-32-15-10-11-16-36(32)49-39(33)47;1-5-6(2,3)4/h10-12,15-16,18,23-24,29-31,40-42,49,56H,7-9,13-14,17,19-22,25-27H2,1-6H3;1H3,(H,2,3,4)/t29-,30-,31-,40-,41?,42?,45+,46?,47+,48-;/m0./s1. The van der Waals surface area contributed by atoms with Crippen LogP contribution in [0.2, 0.25) is 0 Å². The molecule has 0 radical (unpaired) electrons. The Morgan fingerprint density at radius 2 is 1.65 bits per heavy atom. The third-order valence-corrected chi connectivity index (χ3v) is 17.4. The van der Waals surface area contributed by atoms with E-state index in [4.69, 9.17) is 23.5 Å². The van der Waals surface area contributed by atoms with Gasteiger partial charge >= 0.3 is 28.3 Å². The molecule has 2 saturated heterocycles. The summed E-state index contributed by atoms with van der Waals surface area (Å²) in [7, 11) is 3.05. The molecule has 16 nitrogen and oxygen atoms in total. The number of anilines is 1. The second-order valence-corrected chi connectivity index (χ2v) is 20.8. The maximum atomic E-state index is 15.5. The van der Waals surface area contributed by atoms with E-state index in [-0.39, 0.29) is 17.9 Å². The number of aromatic amines is 1. The van der Waals surface area contributed by atoms with Crippen molar-refractivity contribution < 1.29 is 55.6 Å². The Hall–Kier alpha value is -4.52. The van der Waals surface area contributed by atoms with Gasteiger partial charge in [-0.2, -0.15) is 8.42 Å². The van der Waals surface area contributed by atoms with Crippen molar-refractivity contribution >= 4 is 44.9 Å². The van der Waals surface area contributed by atoms with Crippen LogP contribution >= 0.6 is 0 Å². The Balaban J connectivity index is 0.000000857. The molecule has 11 atom stereocenters. The van der Waals surface area contributed by atoms with E-state index < -0.39 is 56.3 Å². The van der Waals surface area contributed by atoms with E-state index in [9.17, 15) is 23.1 Å². The highest BCUT2D eigenvalue weighted by Crippen LogP contribution is 2.68. The Morgan fingerprint density at radius 1 is 0.939 bits per heavy atom. The number of carbonyl (C=O) groups is 3. The number of nitrogens with one attached hydrogen (secondary N) is 1. The second kappa shape index (κ2) is 16.9. The Labute approximate surface area is 386 Å². The average molecular weight is 933 g/mol. The van der Waals surface area contributed by atoms with Crippen molar-refractivity contribution in [1.29, 1.82) is 0 Å². The molecule has 2 saturated carbocycles. The lowest BCUT2D eigenvalue weighted by Crippen LogP contribution is -2.81. The number of hydrogen-bond acceptors (Lipinski definition) is 14. The van der Waals surface area contributed by atoms with Gasteiger partial charge in [-0.25, -0.2) is 4.79 Å². The van der Waals surface area contributed by atoms with Crippen LogP contribution in [0.3, 0.4) is 0 Å². The van der Waals surface area contributed by atoms with Crippen LogP contribution in [0.5, 0.6) is 5.75 Å². The number of para-hydroxylation sites is 1. The molecular formula is C49H64N4O12S. The Kier molecular flexibility index (Phi) is 11.9. The first-order chi connectivity index (χ1) is 31.5. The van der Waals surface area contributed by atoms with Gasteiger partial charge in [0, 0.05) is 90.9 Å². The number of piperidine rings is 1. The molecule has 0 amide bonds. The van der Waals surface area contributed by atoms with Crippen molar-refractivity contribution in [3.05, 3.63) is 70.9 Å². The highest BCUT2D eigenvalue weighted by atomic mass is 32.3. The van der Waals surface area contributed by atoms with Gasteiger partial charge in [0.25, 0.3) is 0 Å². The van der Waals surface area contributed by atoms with Crippen LogP contribution in [-0.4, -0.2) is 143 Å². The van der Waals surface area contributed by atoms with E-state index in [1.54, 1.807) is 7.11 Å². The van der Waals surface area contributed by atoms with Crippen molar-refractivity contribution in [1.82, 2.24) is 14.8 Å². The molecule has 6 heterocycles. The van der Waals surface area contributed by atoms with Crippen LogP contribution < -0.4 is 9.64 Å². The van der Waals surface area contributed by atoms with Crippen molar-refractivity contribution in [2.45, 2.75) is 99.8 Å². The molecule has 4 fully saturated rings. The smallest absolute Gasteiger partial charge is 0.397 e. The van der Waals surface area contributed by atoms with Crippen LogP contribution in [0, 0.1) is 23.2 Å². The molecule has 1 spiro atoms. The number of H-pyrrole nitrogens is 1. The first-order valence-corrected chi connectivity index (χ1v) is 24.7. The van der Waals surface area contributed by atoms with Crippen LogP contribution in [0.4, 0.5) is 5.69 Å². The number of carbonyl (C=O) groups excluding carboxylic acids is 3. The fourth-order valence-electron chi connectivity index (χ4n) is 14.7. The fourth-order valence-corrected chi connectivity index (χ4v) is 14.7. The average Bonchev–Trinajstić information content (AvgIpc) is 3.98. The predicted octanol–water partition coefficient (Wildman–Crippen LogP) is 4.70. The number of esters is 3. The fraction of sp³-hybridized carbons (Fsp3) is 0.612.